The Morgan fingerprint density at radius 1 is 1.29 bits per heavy atom. The van der Waals surface area contributed by atoms with Crippen molar-refractivity contribution in [3.05, 3.63) is 34.5 Å². The molecule has 0 spiro atoms. The predicted octanol–water partition coefficient (Wildman–Crippen LogP) is 1.59. The number of rotatable bonds is 2. The number of carbonyl (C=O) groups excluding carboxylic acids is 2. The van der Waals surface area contributed by atoms with Crippen LogP contribution in [0.5, 0.6) is 0 Å². The van der Waals surface area contributed by atoms with Gasteiger partial charge in [-0.2, -0.15) is 0 Å². The lowest BCUT2D eigenvalue weighted by Crippen LogP contribution is -2.44. The van der Waals surface area contributed by atoms with E-state index in [4.69, 9.17) is 16.0 Å². The lowest BCUT2D eigenvalue weighted by Gasteiger charge is -2.09. The molecule has 1 aromatic heterocycles. The van der Waals surface area contributed by atoms with E-state index in [9.17, 15) is 18.0 Å². The first-order valence-electron chi connectivity index (χ1n) is 7.26. The second kappa shape index (κ2) is 6.10. The highest BCUT2D eigenvalue weighted by atomic mass is 35.5. The molecule has 2 aromatic rings. The van der Waals surface area contributed by atoms with E-state index in [1.54, 1.807) is 25.1 Å². The molecule has 2 N–H and O–H groups in total. The summed E-state index contributed by atoms with van der Waals surface area (Å²) in [4.78, 5) is 24.1. The quantitative estimate of drug-likeness (QED) is 0.781. The summed E-state index contributed by atoms with van der Waals surface area (Å²) in [5, 5.41) is 1.23. The van der Waals surface area contributed by atoms with Gasteiger partial charge in [0.25, 0.3) is 0 Å². The Morgan fingerprint density at radius 3 is 2.71 bits per heavy atom. The molecule has 24 heavy (non-hydrogen) atoms. The van der Waals surface area contributed by atoms with Crippen molar-refractivity contribution in [2.75, 3.05) is 11.5 Å². The number of benzene rings is 1. The Bertz CT molecular complexity index is 935. The SMILES string of the molecule is Cc1c(C(=O)NNC(=O)[C@@H]2CCS(=O)(=O)C2)oc2ccc(Cl)cc12. The summed E-state index contributed by atoms with van der Waals surface area (Å²) >= 11 is 5.93. The average molecular weight is 371 g/mol. The highest BCUT2D eigenvalue weighted by molar-refractivity contribution is 7.91. The minimum Gasteiger partial charge on any atom is -0.451 e. The molecule has 0 bridgehead atoms. The van der Waals surface area contributed by atoms with Crippen LogP contribution >= 0.6 is 11.6 Å². The molecule has 9 heteroatoms. The molecule has 3 rings (SSSR count). The van der Waals surface area contributed by atoms with E-state index in [1.165, 1.54) is 0 Å². The van der Waals surface area contributed by atoms with Gasteiger partial charge in [0.15, 0.2) is 15.6 Å². The van der Waals surface area contributed by atoms with Crippen molar-refractivity contribution >= 4 is 44.2 Å². The second-order valence-corrected chi connectivity index (χ2v) is 8.41. The first kappa shape index (κ1) is 16.8. The monoisotopic (exact) mass is 370 g/mol. The average Bonchev–Trinajstić information content (AvgIpc) is 3.05. The van der Waals surface area contributed by atoms with Crippen molar-refractivity contribution < 1.29 is 22.4 Å². The van der Waals surface area contributed by atoms with E-state index in [2.05, 4.69) is 10.9 Å². The summed E-state index contributed by atoms with van der Waals surface area (Å²) in [5.41, 5.74) is 5.62. The molecule has 0 aliphatic carbocycles. The number of hydrogen-bond donors (Lipinski definition) is 2. The fraction of sp³-hybridized carbons (Fsp3) is 0.333. The summed E-state index contributed by atoms with van der Waals surface area (Å²) < 4.78 is 28.3. The zero-order chi connectivity index (χ0) is 17.5. The standard InChI is InChI=1S/C15H15ClN2O5S/c1-8-11-6-10(16)2-3-12(11)23-13(8)15(20)18-17-14(19)9-4-5-24(21,22)7-9/h2-3,6,9H,4-5,7H2,1H3,(H,17,19)(H,18,20)/t9-/m1/s1. The zero-order valence-electron chi connectivity index (χ0n) is 12.8. The van der Waals surface area contributed by atoms with E-state index in [0.29, 0.717) is 21.6 Å². The summed E-state index contributed by atoms with van der Waals surface area (Å²) in [6.45, 7) is 1.71. The first-order chi connectivity index (χ1) is 11.3. The Morgan fingerprint density at radius 2 is 2.04 bits per heavy atom. The predicted molar refractivity (Wildman–Crippen MR) is 88.3 cm³/mol. The second-order valence-electron chi connectivity index (χ2n) is 5.74. The minimum absolute atomic E-state index is 0.0114. The highest BCUT2D eigenvalue weighted by Gasteiger charge is 2.33. The molecule has 1 saturated heterocycles. The van der Waals surface area contributed by atoms with Gasteiger partial charge in [0.2, 0.25) is 5.91 Å². The maximum atomic E-state index is 12.2. The van der Waals surface area contributed by atoms with Gasteiger partial charge in [0.05, 0.1) is 17.4 Å². The topological polar surface area (TPSA) is 105 Å². The van der Waals surface area contributed by atoms with Crippen LogP contribution in [0.2, 0.25) is 5.02 Å². The lowest BCUT2D eigenvalue weighted by atomic mass is 10.1. The lowest BCUT2D eigenvalue weighted by molar-refractivity contribution is -0.125. The summed E-state index contributed by atoms with van der Waals surface area (Å²) in [6, 6.07) is 4.99. The number of halogens is 1. The Hall–Kier alpha value is -2.06. The van der Waals surface area contributed by atoms with Crippen LogP contribution in [0.3, 0.4) is 0 Å². The van der Waals surface area contributed by atoms with Gasteiger partial charge in [-0.25, -0.2) is 8.42 Å². The van der Waals surface area contributed by atoms with Crippen LogP contribution in [0, 0.1) is 12.8 Å². The summed E-state index contributed by atoms with van der Waals surface area (Å²) in [7, 11) is -3.16. The number of fused-ring (bicyclic) bond motifs is 1. The Kier molecular flexibility index (Phi) is 4.27. The van der Waals surface area contributed by atoms with Crippen molar-refractivity contribution in [2.24, 2.45) is 5.92 Å². The van der Waals surface area contributed by atoms with Gasteiger partial charge in [-0.1, -0.05) is 11.6 Å². The van der Waals surface area contributed by atoms with Crippen molar-refractivity contribution in [1.29, 1.82) is 0 Å². The number of amides is 2. The maximum Gasteiger partial charge on any atom is 0.305 e. The molecule has 0 saturated carbocycles. The summed E-state index contributed by atoms with van der Waals surface area (Å²) in [5.74, 6) is -1.94. The third-order valence-electron chi connectivity index (χ3n) is 4.01. The van der Waals surface area contributed by atoms with Gasteiger partial charge in [-0.15, -0.1) is 0 Å². The number of furan rings is 1. The molecule has 128 valence electrons. The molecular weight excluding hydrogens is 356 g/mol. The van der Waals surface area contributed by atoms with Gasteiger partial charge >= 0.3 is 5.91 Å². The number of hydrazine groups is 1. The van der Waals surface area contributed by atoms with Crippen LogP contribution in [-0.2, 0) is 14.6 Å². The number of carbonyl (C=O) groups is 2. The van der Waals surface area contributed by atoms with E-state index < -0.39 is 27.6 Å². The van der Waals surface area contributed by atoms with Crippen molar-refractivity contribution in [3.63, 3.8) is 0 Å². The van der Waals surface area contributed by atoms with Gasteiger partial charge < -0.3 is 4.42 Å². The molecule has 1 aromatic carbocycles. The molecular formula is C15H15ClN2O5S. The van der Waals surface area contributed by atoms with Crippen LogP contribution in [0.4, 0.5) is 0 Å². The van der Waals surface area contributed by atoms with Crippen LogP contribution in [0.15, 0.2) is 22.6 Å². The van der Waals surface area contributed by atoms with Gasteiger partial charge in [0, 0.05) is 16.0 Å². The van der Waals surface area contributed by atoms with E-state index >= 15 is 0 Å². The maximum absolute atomic E-state index is 12.2. The fourth-order valence-electron chi connectivity index (χ4n) is 2.69. The van der Waals surface area contributed by atoms with Crippen molar-refractivity contribution in [2.45, 2.75) is 13.3 Å². The van der Waals surface area contributed by atoms with Crippen LogP contribution in [0.25, 0.3) is 11.0 Å². The van der Waals surface area contributed by atoms with Crippen molar-refractivity contribution in [3.8, 4) is 0 Å². The fourth-order valence-corrected chi connectivity index (χ4v) is 4.60. The van der Waals surface area contributed by atoms with E-state index in [-0.39, 0.29) is 23.7 Å². The molecule has 7 nitrogen and oxygen atoms in total. The van der Waals surface area contributed by atoms with Gasteiger partial charge in [-0.3, -0.25) is 20.4 Å². The minimum atomic E-state index is -3.16. The van der Waals surface area contributed by atoms with Crippen LogP contribution < -0.4 is 10.9 Å². The smallest absolute Gasteiger partial charge is 0.305 e. The number of sulfone groups is 1. The van der Waals surface area contributed by atoms with E-state index in [1.807, 2.05) is 0 Å². The molecule has 1 aliphatic heterocycles. The number of nitrogens with one attached hydrogen (secondary N) is 2. The molecule has 1 atom stereocenters. The Labute approximate surface area is 143 Å². The summed E-state index contributed by atoms with van der Waals surface area (Å²) in [6.07, 6.45) is 0.256. The normalized spacial score (nSPS) is 19.3. The number of hydrogen-bond acceptors (Lipinski definition) is 5. The van der Waals surface area contributed by atoms with Gasteiger partial charge in [-0.05, 0) is 31.5 Å². The Balaban J connectivity index is 1.69. The van der Waals surface area contributed by atoms with E-state index in [0.717, 1.165) is 0 Å². The molecule has 1 aliphatic rings. The molecule has 1 fully saturated rings. The highest BCUT2D eigenvalue weighted by Crippen LogP contribution is 2.27. The van der Waals surface area contributed by atoms with Gasteiger partial charge in [0.1, 0.15) is 5.58 Å². The molecule has 0 unspecified atom stereocenters. The third kappa shape index (κ3) is 3.25. The van der Waals surface area contributed by atoms with Crippen LogP contribution in [-0.4, -0.2) is 31.7 Å². The largest absolute Gasteiger partial charge is 0.451 e. The van der Waals surface area contributed by atoms with Crippen LogP contribution in [0.1, 0.15) is 22.5 Å². The third-order valence-corrected chi connectivity index (χ3v) is 6.01. The van der Waals surface area contributed by atoms with Crippen molar-refractivity contribution in [1.82, 2.24) is 10.9 Å². The molecule has 2 amide bonds. The molecule has 0 radical (unpaired) electrons. The molecule has 2 heterocycles. The zero-order valence-corrected chi connectivity index (χ0v) is 14.3. The number of aryl methyl sites for hydroxylation is 1. The first-order valence-corrected chi connectivity index (χ1v) is 9.46.